The normalized spacial score (nSPS) is 10.0. The van der Waals surface area contributed by atoms with Crippen LogP contribution < -0.4 is 10.6 Å². The van der Waals surface area contributed by atoms with Crippen molar-refractivity contribution in [2.75, 3.05) is 17.2 Å². The monoisotopic (exact) mass is 368 g/mol. The van der Waals surface area contributed by atoms with E-state index in [-0.39, 0.29) is 0 Å². The molecule has 0 spiro atoms. The lowest BCUT2D eigenvalue weighted by Gasteiger charge is -2.14. The van der Waals surface area contributed by atoms with E-state index in [1.807, 2.05) is 0 Å². The molecule has 0 atom stereocenters. The summed E-state index contributed by atoms with van der Waals surface area (Å²) in [5.74, 6) is -0.414. The van der Waals surface area contributed by atoms with Crippen molar-refractivity contribution >= 4 is 57.9 Å². The van der Waals surface area contributed by atoms with Crippen molar-refractivity contribution < 1.29 is 9.53 Å². The zero-order valence-corrected chi connectivity index (χ0v) is 14.6. The lowest BCUT2D eigenvalue weighted by Crippen LogP contribution is -2.21. The summed E-state index contributed by atoms with van der Waals surface area (Å²) >= 11 is 17.2. The number of thiocarbonyl (C=S) groups is 1. The molecule has 2 aromatic carbocycles. The Balaban J connectivity index is 2.13. The predicted octanol–water partition coefficient (Wildman–Crippen LogP) is 4.98. The molecule has 0 saturated carbocycles. The molecule has 0 aliphatic rings. The second-order valence-corrected chi connectivity index (χ2v) is 5.72. The van der Waals surface area contributed by atoms with Crippen LogP contribution in [0.4, 0.5) is 11.4 Å². The van der Waals surface area contributed by atoms with E-state index < -0.39 is 5.97 Å². The average molecular weight is 369 g/mol. The largest absolute Gasteiger partial charge is 0.462 e. The van der Waals surface area contributed by atoms with Crippen molar-refractivity contribution in [3.8, 4) is 0 Å². The Kier molecular flexibility index (Phi) is 6.21. The van der Waals surface area contributed by atoms with Crippen molar-refractivity contribution in [3.05, 3.63) is 58.1 Å². The van der Waals surface area contributed by atoms with Crippen LogP contribution >= 0.6 is 35.4 Å². The van der Waals surface area contributed by atoms with Crippen molar-refractivity contribution in [3.63, 3.8) is 0 Å². The molecule has 23 heavy (non-hydrogen) atoms. The Morgan fingerprint density at radius 1 is 1.13 bits per heavy atom. The quantitative estimate of drug-likeness (QED) is 0.588. The maximum atomic E-state index is 11.9. The van der Waals surface area contributed by atoms with E-state index in [0.29, 0.717) is 38.7 Å². The highest BCUT2D eigenvalue weighted by Crippen LogP contribution is 2.25. The Morgan fingerprint density at radius 3 is 2.52 bits per heavy atom. The van der Waals surface area contributed by atoms with Gasteiger partial charge in [-0.15, -0.1) is 0 Å². The van der Waals surface area contributed by atoms with Gasteiger partial charge in [-0.05, 0) is 49.5 Å². The molecule has 120 valence electrons. The summed E-state index contributed by atoms with van der Waals surface area (Å²) in [5.41, 5.74) is 1.57. The number of nitrogens with one attached hydrogen (secondary N) is 2. The number of para-hydroxylation sites is 1. The number of hydrogen-bond acceptors (Lipinski definition) is 3. The van der Waals surface area contributed by atoms with Crippen LogP contribution in [0.2, 0.25) is 10.0 Å². The minimum atomic E-state index is -0.414. The fraction of sp³-hybridized carbons (Fsp3) is 0.125. The molecular weight excluding hydrogens is 355 g/mol. The first kappa shape index (κ1) is 17.5. The summed E-state index contributed by atoms with van der Waals surface area (Å²) in [4.78, 5) is 11.9. The number of rotatable bonds is 4. The van der Waals surface area contributed by atoms with Crippen LogP contribution in [0.3, 0.4) is 0 Å². The van der Waals surface area contributed by atoms with Crippen molar-refractivity contribution in [2.45, 2.75) is 6.92 Å². The van der Waals surface area contributed by atoms with Gasteiger partial charge in [-0.3, -0.25) is 0 Å². The maximum absolute atomic E-state index is 11.9. The van der Waals surface area contributed by atoms with Gasteiger partial charge in [0.05, 0.1) is 28.6 Å². The number of esters is 1. The van der Waals surface area contributed by atoms with Gasteiger partial charge < -0.3 is 15.4 Å². The molecule has 0 aliphatic carbocycles. The van der Waals surface area contributed by atoms with E-state index in [1.54, 1.807) is 49.4 Å². The Hall–Kier alpha value is -1.82. The first-order valence-corrected chi connectivity index (χ1v) is 7.97. The molecule has 4 nitrogen and oxygen atoms in total. The zero-order valence-electron chi connectivity index (χ0n) is 12.2. The molecule has 0 unspecified atom stereocenters. The summed E-state index contributed by atoms with van der Waals surface area (Å²) in [6.45, 7) is 2.05. The van der Waals surface area contributed by atoms with Crippen molar-refractivity contribution in [1.82, 2.24) is 0 Å². The lowest BCUT2D eigenvalue weighted by atomic mass is 10.2. The summed E-state index contributed by atoms with van der Waals surface area (Å²) in [6.07, 6.45) is 0. The van der Waals surface area contributed by atoms with Crippen LogP contribution in [0.25, 0.3) is 0 Å². The molecule has 0 saturated heterocycles. The summed E-state index contributed by atoms with van der Waals surface area (Å²) < 4.78 is 5.02. The summed E-state index contributed by atoms with van der Waals surface area (Å²) in [7, 11) is 0. The summed E-state index contributed by atoms with van der Waals surface area (Å²) in [6, 6.07) is 12.0. The van der Waals surface area contributed by atoms with Gasteiger partial charge in [-0.1, -0.05) is 35.3 Å². The molecule has 7 heteroatoms. The molecule has 0 amide bonds. The highest BCUT2D eigenvalue weighted by molar-refractivity contribution is 7.80. The summed E-state index contributed by atoms with van der Waals surface area (Å²) in [5, 5.41) is 7.21. The molecule has 2 aromatic rings. The van der Waals surface area contributed by atoms with E-state index in [1.165, 1.54) is 0 Å². The lowest BCUT2D eigenvalue weighted by molar-refractivity contribution is 0.0527. The molecule has 0 bridgehead atoms. The van der Waals surface area contributed by atoms with Gasteiger partial charge in [-0.25, -0.2) is 4.79 Å². The van der Waals surface area contributed by atoms with Gasteiger partial charge >= 0.3 is 5.97 Å². The van der Waals surface area contributed by atoms with Gasteiger partial charge in [0.1, 0.15) is 0 Å². The van der Waals surface area contributed by atoms with Crippen LogP contribution in [0, 0.1) is 0 Å². The van der Waals surface area contributed by atoms with Crippen LogP contribution in [0.1, 0.15) is 17.3 Å². The number of hydrogen-bond donors (Lipinski definition) is 2. The van der Waals surface area contributed by atoms with Gasteiger partial charge in [-0.2, -0.15) is 0 Å². The van der Waals surface area contributed by atoms with Crippen molar-refractivity contribution in [1.29, 1.82) is 0 Å². The number of anilines is 2. The standard InChI is InChI=1S/C16H14Cl2N2O2S/c1-2-22-15(21)11-5-3-4-6-13(11)19-16(23)20-14-8-7-10(17)9-12(14)18/h3-9H,2H2,1H3,(H2,19,20,23). The zero-order chi connectivity index (χ0) is 16.8. The third-order valence-electron chi connectivity index (χ3n) is 2.85. The number of carbonyl (C=O) groups is 1. The first-order chi connectivity index (χ1) is 11.0. The molecule has 2 N–H and O–H groups in total. The van der Waals surface area contributed by atoms with Gasteiger partial charge in [0, 0.05) is 5.02 Å². The van der Waals surface area contributed by atoms with E-state index in [0.717, 1.165) is 0 Å². The average Bonchev–Trinajstić information content (AvgIpc) is 2.51. The number of ether oxygens (including phenoxy) is 1. The molecule has 0 aliphatic heterocycles. The topological polar surface area (TPSA) is 50.4 Å². The third kappa shape index (κ3) is 4.82. The molecule has 0 heterocycles. The first-order valence-electron chi connectivity index (χ1n) is 6.80. The van der Waals surface area contributed by atoms with E-state index in [4.69, 9.17) is 40.2 Å². The third-order valence-corrected chi connectivity index (χ3v) is 3.60. The number of carbonyl (C=O) groups excluding carboxylic acids is 1. The maximum Gasteiger partial charge on any atom is 0.340 e. The van der Waals surface area contributed by atoms with Crippen molar-refractivity contribution in [2.24, 2.45) is 0 Å². The number of halogens is 2. The molecule has 2 rings (SSSR count). The van der Waals surface area contributed by atoms with E-state index in [9.17, 15) is 4.79 Å². The Bertz CT molecular complexity index is 738. The SMILES string of the molecule is CCOC(=O)c1ccccc1NC(=S)Nc1ccc(Cl)cc1Cl. The van der Waals surface area contributed by atoms with Crippen LogP contribution in [-0.4, -0.2) is 17.7 Å². The van der Waals surface area contributed by atoms with E-state index in [2.05, 4.69) is 10.6 Å². The van der Waals surface area contributed by atoms with E-state index >= 15 is 0 Å². The Labute approximate surface area is 149 Å². The Morgan fingerprint density at radius 2 is 1.83 bits per heavy atom. The molecular formula is C16H14Cl2N2O2S. The van der Waals surface area contributed by atoms with Gasteiger partial charge in [0.15, 0.2) is 5.11 Å². The minimum absolute atomic E-state index is 0.297. The van der Waals surface area contributed by atoms with Crippen LogP contribution in [0.5, 0.6) is 0 Å². The van der Waals surface area contributed by atoms with Gasteiger partial charge in [0.2, 0.25) is 0 Å². The second kappa shape index (κ2) is 8.15. The highest BCUT2D eigenvalue weighted by Gasteiger charge is 2.13. The van der Waals surface area contributed by atoms with Crippen LogP contribution in [-0.2, 0) is 4.74 Å². The molecule has 0 fully saturated rings. The highest BCUT2D eigenvalue weighted by atomic mass is 35.5. The van der Waals surface area contributed by atoms with Gasteiger partial charge in [0.25, 0.3) is 0 Å². The molecule has 0 radical (unpaired) electrons. The smallest absolute Gasteiger partial charge is 0.340 e. The fourth-order valence-corrected chi connectivity index (χ4v) is 2.52. The number of benzene rings is 2. The molecule has 0 aromatic heterocycles. The minimum Gasteiger partial charge on any atom is -0.462 e. The predicted molar refractivity (Wildman–Crippen MR) is 98.7 cm³/mol. The fourth-order valence-electron chi connectivity index (χ4n) is 1.85. The second-order valence-electron chi connectivity index (χ2n) is 4.47. The van der Waals surface area contributed by atoms with Crippen LogP contribution in [0.15, 0.2) is 42.5 Å².